The number of hydrogen-bond acceptors (Lipinski definition) is 8. The van der Waals surface area contributed by atoms with Crippen molar-refractivity contribution in [1.82, 2.24) is 19.9 Å². The van der Waals surface area contributed by atoms with Crippen molar-refractivity contribution in [1.29, 1.82) is 0 Å². The Kier molecular flexibility index (Phi) is 10.7. The molecule has 0 aliphatic carbocycles. The second-order valence-corrected chi connectivity index (χ2v) is 10.8. The van der Waals surface area contributed by atoms with Gasteiger partial charge < -0.3 is 5.32 Å². The molecular formula is C23H28ClN7O3S2. The zero-order valence-corrected chi connectivity index (χ0v) is 22.1. The van der Waals surface area contributed by atoms with Gasteiger partial charge in [-0.1, -0.05) is 67.7 Å². The van der Waals surface area contributed by atoms with Gasteiger partial charge in [0.2, 0.25) is 27.0 Å². The molecule has 0 fully saturated rings. The summed E-state index contributed by atoms with van der Waals surface area (Å²) < 4.78 is 27.4. The molecule has 0 saturated carbocycles. The van der Waals surface area contributed by atoms with Crippen LogP contribution in [0.1, 0.15) is 38.2 Å². The highest BCUT2D eigenvalue weighted by Crippen LogP contribution is 2.17. The van der Waals surface area contributed by atoms with Gasteiger partial charge in [-0.15, -0.1) is 5.10 Å². The number of benzene rings is 2. The number of carbonyl (C=O) groups excluding carboxylic acids is 1. The van der Waals surface area contributed by atoms with Crippen molar-refractivity contribution < 1.29 is 13.2 Å². The van der Waals surface area contributed by atoms with Gasteiger partial charge in [0.05, 0.1) is 16.9 Å². The van der Waals surface area contributed by atoms with Crippen molar-refractivity contribution in [2.24, 2.45) is 5.10 Å². The van der Waals surface area contributed by atoms with E-state index in [0.29, 0.717) is 28.4 Å². The molecule has 0 aliphatic heterocycles. The molecule has 2 aromatic carbocycles. The van der Waals surface area contributed by atoms with E-state index in [1.54, 1.807) is 24.4 Å². The van der Waals surface area contributed by atoms with Gasteiger partial charge in [0.25, 0.3) is 0 Å². The molecule has 0 saturated heterocycles. The molecule has 0 unspecified atom stereocenters. The fraction of sp³-hybridized carbons (Fsp3) is 0.304. The highest BCUT2D eigenvalue weighted by molar-refractivity contribution is 7.99. The molecule has 3 rings (SSSR count). The summed E-state index contributed by atoms with van der Waals surface area (Å²) >= 11 is 7.21. The zero-order chi connectivity index (χ0) is 25.8. The molecule has 0 radical (unpaired) electrons. The van der Waals surface area contributed by atoms with E-state index in [-0.39, 0.29) is 16.6 Å². The molecule has 0 atom stereocenters. The number of amides is 1. The molecule has 3 aromatic rings. The maximum absolute atomic E-state index is 12.4. The summed E-state index contributed by atoms with van der Waals surface area (Å²) in [5, 5.41) is 14.5. The Morgan fingerprint density at radius 2 is 1.92 bits per heavy atom. The second kappa shape index (κ2) is 14.0. The summed E-state index contributed by atoms with van der Waals surface area (Å²) in [6.07, 6.45) is 5.53. The smallest absolute Gasteiger partial charge is 0.240 e. The lowest BCUT2D eigenvalue weighted by Crippen LogP contribution is -2.24. The Hall–Kier alpha value is -2.93. The number of halogens is 1. The third kappa shape index (κ3) is 8.94. The fourth-order valence-electron chi connectivity index (χ4n) is 2.99. The first-order chi connectivity index (χ1) is 17.4. The van der Waals surface area contributed by atoms with Crippen molar-refractivity contribution in [2.75, 3.05) is 23.0 Å². The maximum atomic E-state index is 12.4. The minimum Gasteiger partial charge on any atom is -0.325 e. The number of hydrogen-bond donors (Lipinski definition) is 4. The van der Waals surface area contributed by atoms with Crippen molar-refractivity contribution in [3.8, 4) is 0 Å². The van der Waals surface area contributed by atoms with Gasteiger partial charge in [0.15, 0.2) is 0 Å². The largest absolute Gasteiger partial charge is 0.325 e. The highest BCUT2D eigenvalue weighted by atomic mass is 35.5. The summed E-state index contributed by atoms with van der Waals surface area (Å²) in [7, 11) is -3.57. The lowest BCUT2D eigenvalue weighted by Gasteiger charge is -2.08. The Morgan fingerprint density at radius 3 is 2.67 bits per heavy atom. The molecule has 1 amide bonds. The number of aromatic nitrogens is 3. The number of carbonyl (C=O) groups is 1. The number of thioether (sulfide) groups is 1. The summed E-state index contributed by atoms with van der Waals surface area (Å²) in [4.78, 5) is 16.6. The van der Waals surface area contributed by atoms with E-state index in [2.05, 4.69) is 42.7 Å². The summed E-state index contributed by atoms with van der Waals surface area (Å²) in [6.45, 7) is 2.51. The zero-order valence-electron chi connectivity index (χ0n) is 19.7. The van der Waals surface area contributed by atoms with E-state index in [4.69, 9.17) is 11.6 Å². The van der Waals surface area contributed by atoms with Crippen LogP contribution >= 0.6 is 23.4 Å². The first-order valence-electron chi connectivity index (χ1n) is 11.4. The first-order valence-corrected chi connectivity index (χ1v) is 14.2. The van der Waals surface area contributed by atoms with Crippen LogP contribution in [0, 0.1) is 0 Å². The number of nitrogens with one attached hydrogen (secondary N) is 4. The minimum atomic E-state index is -3.57. The molecule has 36 heavy (non-hydrogen) atoms. The van der Waals surface area contributed by atoms with E-state index in [9.17, 15) is 13.2 Å². The quantitative estimate of drug-likeness (QED) is 0.100. The third-order valence-electron chi connectivity index (χ3n) is 4.85. The van der Waals surface area contributed by atoms with Crippen molar-refractivity contribution in [3.63, 3.8) is 0 Å². The molecule has 0 aliphatic rings. The van der Waals surface area contributed by atoms with Gasteiger partial charge in [0, 0.05) is 22.8 Å². The topological polar surface area (TPSA) is 141 Å². The van der Waals surface area contributed by atoms with Crippen LogP contribution in [0.25, 0.3) is 0 Å². The molecule has 13 heteroatoms. The number of sulfonamides is 1. The third-order valence-corrected chi connectivity index (χ3v) is 7.52. The molecule has 1 heterocycles. The van der Waals surface area contributed by atoms with E-state index < -0.39 is 10.0 Å². The van der Waals surface area contributed by atoms with Gasteiger partial charge in [-0.3, -0.25) is 4.79 Å². The van der Waals surface area contributed by atoms with Crippen LogP contribution in [-0.2, 0) is 14.8 Å². The minimum absolute atomic E-state index is 0.0690. The van der Waals surface area contributed by atoms with Crippen LogP contribution in [0.3, 0.4) is 0 Å². The molecule has 192 valence electrons. The number of aromatic amines is 1. The maximum Gasteiger partial charge on any atom is 0.240 e. The van der Waals surface area contributed by atoms with Crippen LogP contribution < -0.4 is 15.5 Å². The van der Waals surface area contributed by atoms with Gasteiger partial charge in [-0.2, -0.15) is 10.1 Å². The number of rotatable bonds is 14. The SMILES string of the molecule is CCCCCCNS(=O)(=O)c1ccc(NC(=O)CSc2n[nH]c(N/N=C\c3ccccc3Cl)n2)cc1. The number of anilines is 2. The van der Waals surface area contributed by atoms with E-state index in [1.807, 2.05) is 18.2 Å². The Morgan fingerprint density at radius 1 is 1.14 bits per heavy atom. The van der Waals surface area contributed by atoms with Gasteiger partial charge in [-0.05, 0) is 36.8 Å². The second-order valence-electron chi connectivity index (χ2n) is 7.68. The van der Waals surface area contributed by atoms with Crippen molar-refractivity contribution in [3.05, 3.63) is 59.1 Å². The van der Waals surface area contributed by atoms with Crippen molar-refractivity contribution >= 4 is 57.1 Å². The van der Waals surface area contributed by atoms with E-state index in [1.165, 1.54) is 12.1 Å². The monoisotopic (exact) mass is 549 g/mol. The molecular weight excluding hydrogens is 522 g/mol. The van der Waals surface area contributed by atoms with Crippen LogP contribution in [0.5, 0.6) is 0 Å². The van der Waals surface area contributed by atoms with Gasteiger partial charge in [-0.25, -0.2) is 23.7 Å². The summed E-state index contributed by atoms with van der Waals surface area (Å²) in [5.41, 5.74) is 3.97. The number of unbranched alkanes of at least 4 members (excludes halogenated alkanes) is 3. The lowest BCUT2D eigenvalue weighted by molar-refractivity contribution is -0.113. The normalized spacial score (nSPS) is 11.6. The average Bonchev–Trinajstić information content (AvgIpc) is 3.32. The summed E-state index contributed by atoms with van der Waals surface area (Å²) in [5.74, 6) is 0.109. The van der Waals surface area contributed by atoms with Crippen LogP contribution in [0.2, 0.25) is 5.02 Å². The predicted molar refractivity (Wildman–Crippen MR) is 144 cm³/mol. The Bertz CT molecular complexity index is 1260. The van der Waals surface area contributed by atoms with E-state index >= 15 is 0 Å². The molecule has 1 aromatic heterocycles. The van der Waals surface area contributed by atoms with E-state index in [0.717, 1.165) is 43.0 Å². The predicted octanol–water partition coefficient (Wildman–Crippen LogP) is 4.49. The molecule has 4 N–H and O–H groups in total. The van der Waals surface area contributed by atoms with Crippen LogP contribution in [0.4, 0.5) is 11.6 Å². The van der Waals surface area contributed by atoms with Gasteiger partial charge in [0.1, 0.15) is 0 Å². The average molecular weight is 550 g/mol. The fourth-order valence-corrected chi connectivity index (χ4v) is 4.85. The highest BCUT2D eigenvalue weighted by Gasteiger charge is 2.14. The molecule has 0 bridgehead atoms. The van der Waals surface area contributed by atoms with Crippen molar-refractivity contribution in [2.45, 2.75) is 42.7 Å². The van der Waals surface area contributed by atoms with Gasteiger partial charge >= 0.3 is 0 Å². The number of H-pyrrole nitrogens is 1. The standard InChI is InChI=1S/C23H28ClN7O3S2/c1-2-3-4-7-14-26-36(33,34)19-12-10-18(11-13-19)27-21(32)16-35-23-28-22(30-31-23)29-25-15-17-8-5-6-9-20(17)24/h5-6,8-13,15,26H,2-4,7,14,16H2,1H3,(H,27,32)(H2,28,29,30,31)/b25-15-. The lowest BCUT2D eigenvalue weighted by atomic mass is 10.2. The summed E-state index contributed by atoms with van der Waals surface area (Å²) in [6, 6.07) is 13.3. The molecule has 10 nitrogen and oxygen atoms in total. The Balaban J connectivity index is 1.42. The number of nitrogens with zero attached hydrogens (tertiary/aromatic N) is 3. The first kappa shape index (κ1) is 27.7. The molecule has 0 spiro atoms. The van der Waals surface area contributed by atoms with Crippen LogP contribution in [-0.4, -0.2) is 48.0 Å². The number of hydrazone groups is 1. The van der Waals surface area contributed by atoms with Crippen LogP contribution in [0.15, 0.2) is 63.7 Å². The Labute approximate surface area is 219 Å².